The van der Waals surface area contributed by atoms with Gasteiger partial charge in [-0.15, -0.1) is 0 Å². The van der Waals surface area contributed by atoms with E-state index in [1.807, 2.05) is 0 Å². The second-order valence-corrected chi connectivity index (χ2v) is 3.05. The molecule has 0 unspecified atom stereocenters. The normalized spacial score (nSPS) is 9.93. The van der Waals surface area contributed by atoms with Crippen molar-refractivity contribution in [3.8, 4) is 0 Å². The molecule has 1 heterocycles. The fourth-order valence-corrected chi connectivity index (χ4v) is 1.24. The van der Waals surface area contributed by atoms with E-state index in [-0.39, 0.29) is 11.7 Å². The van der Waals surface area contributed by atoms with Crippen LogP contribution in [-0.4, -0.2) is 10.9 Å². The first-order valence-electron chi connectivity index (χ1n) is 4.46. The minimum absolute atomic E-state index is 0.286. The molecule has 0 aliphatic carbocycles. The summed E-state index contributed by atoms with van der Waals surface area (Å²) in [5.74, 6) is -0.662. The number of hydrogen-bond donors (Lipinski definition) is 2. The highest BCUT2D eigenvalue weighted by molar-refractivity contribution is 6.02. The monoisotopic (exact) mass is 204 g/mol. The molecule has 0 bridgehead atoms. The molecule has 1 aromatic heterocycles. The third kappa shape index (κ3) is 2.22. The lowest BCUT2D eigenvalue weighted by Gasteiger charge is -2.02. The molecule has 0 fully saturated rings. The molecule has 15 heavy (non-hydrogen) atoms. The Morgan fingerprint density at radius 1 is 1.27 bits per heavy atom. The minimum Gasteiger partial charge on any atom is -0.357 e. The lowest BCUT2D eigenvalue weighted by Crippen LogP contribution is -2.12. The minimum atomic E-state index is -0.376. The topological polar surface area (TPSA) is 44.9 Å². The van der Waals surface area contributed by atoms with Gasteiger partial charge in [0.25, 0.3) is 5.91 Å². The average Bonchev–Trinajstić information content (AvgIpc) is 2.70. The lowest BCUT2D eigenvalue weighted by atomic mass is 10.3. The number of aromatic amines is 1. The fraction of sp³-hybridized carbons (Fsp3) is 0. The Morgan fingerprint density at radius 3 is 2.80 bits per heavy atom. The van der Waals surface area contributed by atoms with Crippen LogP contribution in [0.2, 0.25) is 0 Å². The lowest BCUT2D eigenvalue weighted by molar-refractivity contribution is 0.102. The molecule has 0 saturated carbocycles. The van der Waals surface area contributed by atoms with E-state index in [1.54, 1.807) is 30.5 Å². The average molecular weight is 204 g/mol. The van der Waals surface area contributed by atoms with Gasteiger partial charge in [-0.3, -0.25) is 4.79 Å². The Kier molecular flexibility index (Phi) is 2.49. The van der Waals surface area contributed by atoms with Gasteiger partial charge in [-0.2, -0.15) is 0 Å². The molecule has 76 valence electrons. The number of benzene rings is 1. The van der Waals surface area contributed by atoms with Crippen molar-refractivity contribution < 1.29 is 9.18 Å². The van der Waals surface area contributed by atoms with Crippen molar-refractivity contribution in [2.45, 2.75) is 0 Å². The molecule has 0 radical (unpaired) electrons. The van der Waals surface area contributed by atoms with Crippen molar-refractivity contribution in [2.75, 3.05) is 5.32 Å². The van der Waals surface area contributed by atoms with E-state index in [1.165, 1.54) is 12.1 Å². The van der Waals surface area contributed by atoms with Gasteiger partial charge >= 0.3 is 0 Å². The van der Waals surface area contributed by atoms with Gasteiger partial charge in [-0.25, -0.2) is 4.39 Å². The van der Waals surface area contributed by atoms with Crippen LogP contribution in [0.15, 0.2) is 42.6 Å². The molecule has 0 atom stereocenters. The van der Waals surface area contributed by atoms with Crippen molar-refractivity contribution >= 4 is 11.6 Å². The predicted molar refractivity (Wildman–Crippen MR) is 55.1 cm³/mol. The Hall–Kier alpha value is -2.10. The molecule has 4 heteroatoms. The first-order chi connectivity index (χ1) is 7.25. The summed E-state index contributed by atoms with van der Waals surface area (Å²) in [5.41, 5.74) is 0.883. The molecule has 0 spiro atoms. The molecule has 0 saturated heterocycles. The fourth-order valence-electron chi connectivity index (χ4n) is 1.24. The number of anilines is 1. The van der Waals surface area contributed by atoms with Crippen LogP contribution in [0.5, 0.6) is 0 Å². The van der Waals surface area contributed by atoms with Gasteiger partial charge in [0.1, 0.15) is 11.5 Å². The van der Waals surface area contributed by atoms with Crippen molar-refractivity contribution in [1.29, 1.82) is 0 Å². The molecule has 0 aliphatic heterocycles. The Labute approximate surface area is 85.9 Å². The van der Waals surface area contributed by atoms with E-state index < -0.39 is 0 Å². The van der Waals surface area contributed by atoms with Crippen molar-refractivity contribution in [1.82, 2.24) is 4.98 Å². The maximum absolute atomic E-state index is 12.8. The van der Waals surface area contributed by atoms with Crippen LogP contribution in [0.3, 0.4) is 0 Å². The van der Waals surface area contributed by atoms with Gasteiger partial charge in [-0.1, -0.05) is 6.07 Å². The molecule has 3 nitrogen and oxygen atoms in total. The summed E-state index contributed by atoms with van der Waals surface area (Å²) in [6, 6.07) is 9.13. The molecule has 1 aromatic carbocycles. The number of carbonyl (C=O) groups excluding carboxylic acids is 1. The molecular weight excluding hydrogens is 195 g/mol. The second-order valence-electron chi connectivity index (χ2n) is 3.05. The zero-order valence-electron chi connectivity index (χ0n) is 7.83. The second kappa shape index (κ2) is 3.96. The molecule has 1 amide bonds. The van der Waals surface area contributed by atoms with E-state index in [0.717, 1.165) is 0 Å². The zero-order chi connectivity index (χ0) is 10.7. The summed E-state index contributed by atoms with van der Waals surface area (Å²) in [6.45, 7) is 0. The van der Waals surface area contributed by atoms with Gasteiger partial charge in [-0.05, 0) is 30.3 Å². The molecule has 2 N–H and O–H groups in total. The van der Waals surface area contributed by atoms with Crippen LogP contribution in [0.1, 0.15) is 10.5 Å². The van der Waals surface area contributed by atoms with E-state index in [4.69, 9.17) is 0 Å². The van der Waals surface area contributed by atoms with Crippen molar-refractivity contribution in [3.05, 3.63) is 54.1 Å². The van der Waals surface area contributed by atoms with Crippen molar-refractivity contribution in [3.63, 3.8) is 0 Å². The standard InChI is InChI=1S/C11H9FN2O/c12-8-3-1-4-9(7-8)14-11(15)10-5-2-6-13-10/h1-7,13H,(H,14,15). The van der Waals surface area contributed by atoms with E-state index in [2.05, 4.69) is 10.3 Å². The number of H-pyrrole nitrogens is 1. The molecule has 2 rings (SSSR count). The summed E-state index contributed by atoms with van der Waals surface area (Å²) in [6.07, 6.45) is 1.65. The number of halogens is 1. The summed E-state index contributed by atoms with van der Waals surface area (Å²) < 4.78 is 12.8. The van der Waals surface area contributed by atoms with Gasteiger partial charge in [0.05, 0.1) is 0 Å². The molecule has 2 aromatic rings. The number of hydrogen-bond acceptors (Lipinski definition) is 1. The third-order valence-electron chi connectivity index (χ3n) is 1.93. The predicted octanol–water partition coefficient (Wildman–Crippen LogP) is 2.41. The first-order valence-corrected chi connectivity index (χ1v) is 4.46. The summed E-state index contributed by atoms with van der Waals surface area (Å²) in [5, 5.41) is 2.57. The van der Waals surface area contributed by atoms with Gasteiger partial charge < -0.3 is 10.3 Å². The third-order valence-corrected chi connectivity index (χ3v) is 1.93. The number of rotatable bonds is 2. The number of carbonyl (C=O) groups is 1. The van der Waals surface area contributed by atoms with Crippen LogP contribution in [0.25, 0.3) is 0 Å². The van der Waals surface area contributed by atoms with Gasteiger partial charge in [0, 0.05) is 11.9 Å². The molecule has 0 aliphatic rings. The van der Waals surface area contributed by atoms with Gasteiger partial charge in [0.15, 0.2) is 0 Å². The smallest absolute Gasteiger partial charge is 0.272 e. The van der Waals surface area contributed by atoms with Crippen molar-refractivity contribution in [2.24, 2.45) is 0 Å². The van der Waals surface area contributed by atoms with Crippen LogP contribution in [0.4, 0.5) is 10.1 Å². The number of nitrogens with one attached hydrogen (secondary N) is 2. The van der Waals surface area contributed by atoms with E-state index in [9.17, 15) is 9.18 Å². The largest absolute Gasteiger partial charge is 0.357 e. The Bertz CT molecular complexity index is 465. The summed E-state index contributed by atoms with van der Waals surface area (Å²) in [7, 11) is 0. The van der Waals surface area contributed by atoms with Crippen LogP contribution in [-0.2, 0) is 0 Å². The number of aromatic nitrogens is 1. The highest BCUT2D eigenvalue weighted by Crippen LogP contribution is 2.10. The van der Waals surface area contributed by atoms with Crippen LogP contribution >= 0.6 is 0 Å². The maximum atomic E-state index is 12.8. The molecular formula is C11H9FN2O. The number of amides is 1. The van der Waals surface area contributed by atoms with Gasteiger partial charge in [0.2, 0.25) is 0 Å². The van der Waals surface area contributed by atoms with Crippen LogP contribution in [0, 0.1) is 5.82 Å². The van der Waals surface area contributed by atoms with E-state index >= 15 is 0 Å². The Balaban J connectivity index is 2.13. The summed E-state index contributed by atoms with van der Waals surface area (Å²) in [4.78, 5) is 14.3. The highest BCUT2D eigenvalue weighted by atomic mass is 19.1. The highest BCUT2D eigenvalue weighted by Gasteiger charge is 2.05. The first kappa shape index (κ1) is 9.45. The zero-order valence-corrected chi connectivity index (χ0v) is 7.83. The van der Waals surface area contributed by atoms with Crippen LogP contribution < -0.4 is 5.32 Å². The summed E-state index contributed by atoms with van der Waals surface area (Å²) >= 11 is 0. The SMILES string of the molecule is O=C(Nc1cccc(F)c1)c1ccc[nH]1. The van der Waals surface area contributed by atoms with E-state index in [0.29, 0.717) is 11.4 Å². The maximum Gasteiger partial charge on any atom is 0.272 e. The Morgan fingerprint density at radius 2 is 2.13 bits per heavy atom. The quantitative estimate of drug-likeness (QED) is 0.775.